The summed E-state index contributed by atoms with van der Waals surface area (Å²) in [5.74, 6) is -0.338. The molecule has 0 fully saturated rings. The molecule has 0 saturated carbocycles. The second-order valence-electron chi connectivity index (χ2n) is 3.42. The summed E-state index contributed by atoms with van der Waals surface area (Å²) in [6.07, 6.45) is 0.722. The number of esters is 1. The molecule has 0 aromatic carbocycles. The lowest BCUT2D eigenvalue weighted by Gasteiger charge is -2.22. The van der Waals surface area contributed by atoms with Crippen molar-refractivity contribution >= 4 is 11.8 Å². The zero-order valence-electron chi connectivity index (χ0n) is 9.25. The minimum absolute atomic E-state index is 0.00922. The smallest absolute Gasteiger partial charge is 0.307 e. The lowest BCUT2D eigenvalue weighted by molar-refractivity contribution is -0.174. The van der Waals surface area contributed by atoms with E-state index in [9.17, 15) is 9.59 Å². The summed E-state index contributed by atoms with van der Waals surface area (Å²) in [4.78, 5) is 22.1. The molecule has 0 aromatic heterocycles. The van der Waals surface area contributed by atoms with E-state index >= 15 is 0 Å². The molecule has 0 radical (unpaired) electrons. The van der Waals surface area contributed by atoms with Crippen LogP contribution in [-0.2, 0) is 19.1 Å². The van der Waals surface area contributed by atoms with Gasteiger partial charge in [0.15, 0.2) is 12.6 Å². The zero-order valence-corrected chi connectivity index (χ0v) is 9.25. The van der Waals surface area contributed by atoms with Crippen LogP contribution in [-0.4, -0.2) is 24.1 Å². The van der Waals surface area contributed by atoms with Crippen LogP contribution in [0.4, 0.5) is 0 Å². The Bertz CT molecular complexity index is 208. The van der Waals surface area contributed by atoms with Crippen molar-refractivity contribution in [3.8, 4) is 0 Å². The first kappa shape index (κ1) is 13.1. The van der Waals surface area contributed by atoms with Crippen molar-refractivity contribution < 1.29 is 19.1 Å². The Balaban J connectivity index is 3.88. The predicted octanol–water partition coefficient (Wildman–Crippen LogP) is 1.67. The molecule has 82 valence electrons. The molecule has 0 atom stereocenters. The van der Waals surface area contributed by atoms with Crippen molar-refractivity contribution in [2.45, 2.75) is 46.1 Å². The molecule has 0 bridgehead atoms. The average Bonchev–Trinajstić information content (AvgIpc) is 2.15. The molecule has 4 heteroatoms. The molecule has 0 rings (SSSR count). The molecule has 0 aliphatic rings. The number of hydrogen-bond acceptors (Lipinski definition) is 4. The van der Waals surface area contributed by atoms with Crippen molar-refractivity contribution in [2.75, 3.05) is 6.79 Å². The third kappa shape index (κ3) is 4.37. The Hall–Kier alpha value is -0.900. The highest BCUT2D eigenvalue weighted by molar-refractivity contribution is 5.86. The van der Waals surface area contributed by atoms with Gasteiger partial charge in [0.25, 0.3) is 0 Å². The Morgan fingerprint density at radius 2 is 1.71 bits per heavy atom. The molecular weight excluding hydrogens is 184 g/mol. The van der Waals surface area contributed by atoms with Crippen molar-refractivity contribution in [1.82, 2.24) is 0 Å². The average molecular weight is 202 g/mol. The molecule has 0 heterocycles. The first-order valence-corrected chi connectivity index (χ1v) is 4.77. The van der Waals surface area contributed by atoms with Crippen LogP contribution in [0.15, 0.2) is 0 Å². The molecule has 4 nitrogen and oxygen atoms in total. The summed E-state index contributed by atoms with van der Waals surface area (Å²) in [6.45, 7) is 6.64. The molecule has 14 heavy (non-hydrogen) atoms. The number of carbonyl (C=O) groups excluding carboxylic acids is 2. The van der Waals surface area contributed by atoms with Gasteiger partial charge in [0.1, 0.15) is 5.60 Å². The van der Waals surface area contributed by atoms with Gasteiger partial charge >= 0.3 is 5.97 Å². The van der Waals surface area contributed by atoms with E-state index in [-0.39, 0.29) is 18.5 Å². The molecule has 0 spiro atoms. The van der Waals surface area contributed by atoms with Crippen LogP contribution < -0.4 is 0 Å². The van der Waals surface area contributed by atoms with E-state index in [4.69, 9.17) is 9.47 Å². The summed E-state index contributed by atoms with van der Waals surface area (Å²) < 4.78 is 9.87. The monoisotopic (exact) mass is 202 g/mol. The normalized spacial score (nSPS) is 11.1. The van der Waals surface area contributed by atoms with E-state index in [1.165, 1.54) is 0 Å². The van der Waals surface area contributed by atoms with Crippen LogP contribution >= 0.6 is 0 Å². The number of hydrogen-bond donors (Lipinski definition) is 0. The number of ketones is 1. The van der Waals surface area contributed by atoms with E-state index < -0.39 is 5.60 Å². The first-order valence-electron chi connectivity index (χ1n) is 4.77. The SMILES string of the molecule is CCC(=O)OCOC(C)(C)C(=O)CC. The predicted molar refractivity (Wildman–Crippen MR) is 51.7 cm³/mol. The van der Waals surface area contributed by atoms with E-state index in [0.29, 0.717) is 12.8 Å². The van der Waals surface area contributed by atoms with Gasteiger partial charge in [0.05, 0.1) is 0 Å². The third-order valence-electron chi connectivity index (χ3n) is 1.92. The lowest BCUT2D eigenvalue weighted by atomic mass is 10.0. The lowest BCUT2D eigenvalue weighted by Crippen LogP contribution is -2.35. The second kappa shape index (κ2) is 5.75. The fourth-order valence-corrected chi connectivity index (χ4v) is 0.851. The highest BCUT2D eigenvalue weighted by Gasteiger charge is 2.26. The molecular formula is C10H18O4. The molecule has 0 aliphatic carbocycles. The van der Waals surface area contributed by atoms with Gasteiger partial charge in [-0.3, -0.25) is 9.59 Å². The summed E-state index contributed by atoms with van der Waals surface area (Å²) in [5, 5.41) is 0. The molecule has 0 saturated heterocycles. The highest BCUT2D eigenvalue weighted by atomic mass is 16.7. The van der Waals surface area contributed by atoms with Gasteiger partial charge in [-0.05, 0) is 13.8 Å². The molecule has 0 unspecified atom stereocenters. The Morgan fingerprint density at radius 1 is 1.14 bits per heavy atom. The molecule has 0 aromatic rings. The van der Waals surface area contributed by atoms with Crippen molar-refractivity contribution in [1.29, 1.82) is 0 Å². The largest absolute Gasteiger partial charge is 0.438 e. The number of carbonyl (C=O) groups is 2. The number of Topliss-reactive ketones (excluding diaryl/α,β-unsaturated/α-hetero) is 1. The summed E-state index contributed by atoms with van der Waals surface area (Å²) in [5.41, 5.74) is -0.872. The Morgan fingerprint density at radius 3 is 2.14 bits per heavy atom. The third-order valence-corrected chi connectivity index (χ3v) is 1.92. The quantitative estimate of drug-likeness (QED) is 0.485. The van der Waals surface area contributed by atoms with Crippen molar-refractivity contribution in [2.24, 2.45) is 0 Å². The van der Waals surface area contributed by atoms with Gasteiger partial charge in [-0.25, -0.2) is 0 Å². The van der Waals surface area contributed by atoms with Crippen LogP contribution in [0.1, 0.15) is 40.5 Å². The summed E-state index contributed by atoms with van der Waals surface area (Å²) in [6, 6.07) is 0. The maximum absolute atomic E-state index is 11.3. The van der Waals surface area contributed by atoms with E-state index in [1.54, 1.807) is 27.7 Å². The van der Waals surface area contributed by atoms with Crippen molar-refractivity contribution in [3.63, 3.8) is 0 Å². The second-order valence-corrected chi connectivity index (χ2v) is 3.42. The fraction of sp³-hybridized carbons (Fsp3) is 0.800. The Labute approximate surface area is 84.6 Å². The summed E-state index contributed by atoms with van der Waals surface area (Å²) in [7, 11) is 0. The van der Waals surface area contributed by atoms with Gasteiger partial charge in [0, 0.05) is 12.8 Å². The Kier molecular flexibility index (Phi) is 5.38. The maximum Gasteiger partial charge on any atom is 0.307 e. The van der Waals surface area contributed by atoms with Crippen LogP contribution in [0.25, 0.3) is 0 Å². The zero-order chi connectivity index (χ0) is 11.2. The minimum atomic E-state index is -0.872. The van der Waals surface area contributed by atoms with Crippen LogP contribution in [0, 0.1) is 0 Å². The summed E-state index contributed by atoms with van der Waals surface area (Å²) >= 11 is 0. The van der Waals surface area contributed by atoms with Crippen molar-refractivity contribution in [3.05, 3.63) is 0 Å². The fourth-order valence-electron chi connectivity index (χ4n) is 0.851. The van der Waals surface area contributed by atoms with Gasteiger partial charge in [0.2, 0.25) is 0 Å². The van der Waals surface area contributed by atoms with Gasteiger partial charge in [-0.2, -0.15) is 0 Å². The maximum atomic E-state index is 11.3. The molecule has 0 amide bonds. The standard InChI is InChI=1S/C10H18O4/c1-5-8(11)10(3,4)14-7-13-9(12)6-2/h5-7H2,1-4H3. The first-order chi connectivity index (χ1) is 6.44. The number of ether oxygens (including phenoxy) is 2. The molecule has 0 N–H and O–H groups in total. The van der Waals surface area contributed by atoms with E-state index in [0.717, 1.165) is 0 Å². The minimum Gasteiger partial charge on any atom is -0.438 e. The van der Waals surface area contributed by atoms with Crippen LogP contribution in [0.5, 0.6) is 0 Å². The molecule has 0 aliphatic heterocycles. The van der Waals surface area contributed by atoms with E-state index in [1.807, 2.05) is 0 Å². The highest BCUT2D eigenvalue weighted by Crippen LogP contribution is 2.12. The number of rotatable bonds is 6. The van der Waals surface area contributed by atoms with Crippen LogP contribution in [0.3, 0.4) is 0 Å². The van der Waals surface area contributed by atoms with E-state index in [2.05, 4.69) is 0 Å². The topological polar surface area (TPSA) is 52.6 Å². The van der Waals surface area contributed by atoms with Gasteiger partial charge < -0.3 is 9.47 Å². The van der Waals surface area contributed by atoms with Gasteiger partial charge in [-0.15, -0.1) is 0 Å². The van der Waals surface area contributed by atoms with Gasteiger partial charge in [-0.1, -0.05) is 13.8 Å². The van der Waals surface area contributed by atoms with Crippen LogP contribution in [0.2, 0.25) is 0 Å².